The van der Waals surface area contributed by atoms with Gasteiger partial charge in [0, 0.05) is 20.3 Å². The maximum Gasteiger partial charge on any atom is 0.0493 e. The Kier molecular flexibility index (Phi) is 7.14. The average molecular weight is 242 g/mol. The highest BCUT2D eigenvalue weighted by atomic mass is 16.5. The van der Waals surface area contributed by atoms with Gasteiger partial charge in [0.2, 0.25) is 0 Å². The van der Waals surface area contributed by atoms with Gasteiger partial charge in [0.05, 0.1) is 0 Å². The van der Waals surface area contributed by atoms with Gasteiger partial charge in [0.25, 0.3) is 0 Å². The van der Waals surface area contributed by atoms with Gasteiger partial charge in [-0.25, -0.2) is 0 Å². The lowest BCUT2D eigenvalue weighted by atomic mass is 9.66. The van der Waals surface area contributed by atoms with Crippen molar-refractivity contribution in [1.29, 1.82) is 0 Å². The van der Waals surface area contributed by atoms with Crippen molar-refractivity contribution in [2.24, 2.45) is 23.7 Å². The van der Waals surface area contributed by atoms with Crippen molar-refractivity contribution in [3.63, 3.8) is 0 Å². The minimum absolute atomic E-state index is 0.335. The van der Waals surface area contributed by atoms with E-state index in [9.17, 15) is 5.11 Å². The lowest BCUT2D eigenvalue weighted by Gasteiger charge is -2.41. The summed E-state index contributed by atoms with van der Waals surface area (Å²) in [6, 6.07) is 0. The molecule has 1 saturated carbocycles. The molecule has 2 heteroatoms. The smallest absolute Gasteiger partial charge is 0.0493 e. The van der Waals surface area contributed by atoms with Crippen LogP contribution in [0.5, 0.6) is 0 Å². The lowest BCUT2D eigenvalue weighted by Crippen LogP contribution is -2.35. The second-order valence-electron chi connectivity index (χ2n) is 5.87. The predicted molar refractivity (Wildman–Crippen MR) is 72.0 cm³/mol. The van der Waals surface area contributed by atoms with Crippen LogP contribution in [-0.2, 0) is 4.74 Å². The third kappa shape index (κ3) is 4.59. The van der Waals surface area contributed by atoms with Gasteiger partial charge in [0.1, 0.15) is 0 Å². The maximum absolute atomic E-state index is 9.27. The predicted octanol–water partition coefficient (Wildman–Crippen LogP) is 3.48. The fraction of sp³-hybridized carbons (Fsp3) is 1.00. The van der Waals surface area contributed by atoms with Crippen LogP contribution in [0.25, 0.3) is 0 Å². The minimum atomic E-state index is 0.335. The molecule has 2 nitrogen and oxygen atoms in total. The van der Waals surface area contributed by atoms with E-state index in [2.05, 4.69) is 13.8 Å². The molecule has 0 aromatic rings. The molecule has 4 unspecified atom stereocenters. The Hall–Kier alpha value is -0.0800. The summed E-state index contributed by atoms with van der Waals surface area (Å²) in [4.78, 5) is 0. The van der Waals surface area contributed by atoms with Gasteiger partial charge < -0.3 is 9.84 Å². The molecule has 0 aromatic heterocycles. The molecule has 0 aromatic carbocycles. The van der Waals surface area contributed by atoms with Gasteiger partial charge in [-0.05, 0) is 42.9 Å². The summed E-state index contributed by atoms with van der Waals surface area (Å²) in [5.74, 6) is 2.98. The van der Waals surface area contributed by atoms with Crippen LogP contribution in [0, 0.1) is 23.7 Å². The highest BCUT2D eigenvalue weighted by molar-refractivity contribution is 4.85. The largest absolute Gasteiger partial charge is 0.396 e. The zero-order chi connectivity index (χ0) is 12.7. The van der Waals surface area contributed by atoms with Crippen LogP contribution in [0.15, 0.2) is 0 Å². The molecule has 4 atom stereocenters. The second kappa shape index (κ2) is 8.10. The number of unbranched alkanes of at least 4 members (excludes halogenated alkanes) is 1. The van der Waals surface area contributed by atoms with Crippen LogP contribution in [-0.4, -0.2) is 25.4 Å². The van der Waals surface area contributed by atoms with E-state index in [0.29, 0.717) is 18.4 Å². The van der Waals surface area contributed by atoms with Crippen molar-refractivity contribution in [3.8, 4) is 0 Å². The summed E-state index contributed by atoms with van der Waals surface area (Å²) < 4.78 is 5.38. The fourth-order valence-corrected chi connectivity index (χ4v) is 3.69. The standard InChI is InChI=1S/C15H30O2/c1-4-5-6-13-9-12(2)10-14(11-17-3)15(13)7-8-16/h12-16H,4-11H2,1-3H3. The Balaban J connectivity index is 2.61. The van der Waals surface area contributed by atoms with Crippen molar-refractivity contribution < 1.29 is 9.84 Å². The second-order valence-corrected chi connectivity index (χ2v) is 5.87. The quantitative estimate of drug-likeness (QED) is 0.740. The zero-order valence-electron chi connectivity index (χ0n) is 11.8. The third-order valence-electron chi connectivity index (χ3n) is 4.39. The number of aliphatic hydroxyl groups is 1. The van der Waals surface area contributed by atoms with E-state index >= 15 is 0 Å². The molecule has 0 heterocycles. The topological polar surface area (TPSA) is 29.5 Å². The van der Waals surface area contributed by atoms with Gasteiger partial charge in [-0.1, -0.05) is 33.1 Å². The molecule has 0 bridgehead atoms. The Labute approximate surface area is 107 Å². The van der Waals surface area contributed by atoms with E-state index in [-0.39, 0.29) is 0 Å². The van der Waals surface area contributed by atoms with Crippen molar-refractivity contribution in [1.82, 2.24) is 0 Å². The van der Waals surface area contributed by atoms with Crippen molar-refractivity contribution >= 4 is 0 Å². The maximum atomic E-state index is 9.27. The summed E-state index contributed by atoms with van der Waals surface area (Å²) in [5, 5.41) is 9.27. The first-order valence-corrected chi connectivity index (χ1v) is 7.32. The van der Waals surface area contributed by atoms with E-state index < -0.39 is 0 Å². The summed E-state index contributed by atoms with van der Waals surface area (Å²) in [6.45, 7) is 5.84. The molecule has 0 saturated heterocycles. The van der Waals surface area contributed by atoms with Crippen molar-refractivity contribution in [2.45, 2.75) is 52.4 Å². The first-order chi connectivity index (χ1) is 8.22. The molecular weight excluding hydrogens is 212 g/mol. The van der Waals surface area contributed by atoms with Crippen LogP contribution in [0.4, 0.5) is 0 Å². The Bertz CT molecular complexity index is 193. The lowest BCUT2D eigenvalue weighted by molar-refractivity contribution is 0.0256. The van der Waals surface area contributed by atoms with E-state index in [1.165, 1.54) is 32.1 Å². The van der Waals surface area contributed by atoms with Crippen LogP contribution in [0.1, 0.15) is 52.4 Å². The molecule has 102 valence electrons. The van der Waals surface area contributed by atoms with Gasteiger partial charge in [0.15, 0.2) is 0 Å². The van der Waals surface area contributed by atoms with Crippen molar-refractivity contribution in [3.05, 3.63) is 0 Å². The summed E-state index contributed by atoms with van der Waals surface area (Å²) in [5.41, 5.74) is 0. The minimum Gasteiger partial charge on any atom is -0.396 e. The SMILES string of the molecule is CCCCC1CC(C)CC(COC)C1CCO. The molecule has 1 N–H and O–H groups in total. The Morgan fingerprint density at radius 1 is 1.18 bits per heavy atom. The van der Waals surface area contributed by atoms with E-state index in [1.807, 2.05) is 0 Å². The van der Waals surface area contributed by atoms with Crippen molar-refractivity contribution in [2.75, 3.05) is 20.3 Å². The average Bonchev–Trinajstić information content (AvgIpc) is 2.30. The molecule has 0 radical (unpaired) electrons. The van der Waals surface area contributed by atoms with Crippen LogP contribution >= 0.6 is 0 Å². The van der Waals surface area contributed by atoms with E-state index in [4.69, 9.17) is 4.74 Å². The van der Waals surface area contributed by atoms with Crippen LogP contribution in [0.2, 0.25) is 0 Å². The van der Waals surface area contributed by atoms with E-state index in [0.717, 1.165) is 24.9 Å². The number of hydrogen-bond acceptors (Lipinski definition) is 2. The summed E-state index contributed by atoms with van der Waals surface area (Å²) in [7, 11) is 1.80. The van der Waals surface area contributed by atoms with Crippen LogP contribution < -0.4 is 0 Å². The summed E-state index contributed by atoms with van der Waals surface area (Å²) in [6.07, 6.45) is 7.55. The molecule has 1 fully saturated rings. The zero-order valence-corrected chi connectivity index (χ0v) is 11.8. The van der Waals surface area contributed by atoms with Gasteiger partial charge >= 0.3 is 0 Å². The Morgan fingerprint density at radius 3 is 2.47 bits per heavy atom. The molecular formula is C15H30O2. The Morgan fingerprint density at radius 2 is 1.88 bits per heavy atom. The van der Waals surface area contributed by atoms with Gasteiger partial charge in [-0.3, -0.25) is 0 Å². The molecule has 1 rings (SSSR count). The highest BCUT2D eigenvalue weighted by Gasteiger charge is 2.35. The number of methoxy groups -OCH3 is 1. The first-order valence-electron chi connectivity index (χ1n) is 7.32. The normalized spacial score (nSPS) is 33.9. The van der Waals surface area contributed by atoms with Gasteiger partial charge in [-0.15, -0.1) is 0 Å². The highest BCUT2D eigenvalue weighted by Crippen LogP contribution is 2.42. The van der Waals surface area contributed by atoms with E-state index in [1.54, 1.807) is 7.11 Å². The molecule has 17 heavy (non-hydrogen) atoms. The molecule has 1 aliphatic rings. The fourth-order valence-electron chi connectivity index (χ4n) is 3.69. The third-order valence-corrected chi connectivity index (χ3v) is 4.39. The number of rotatable bonds is 7. The summed E-state index contributed by atoms with van der Waals surface area (Å²) >= 11 is 0. The van der Waals surface area contributed by atoms with Crippen LogP contribution in [0.3, 0.4) is 0 Å². The molecule has 0 amide bonds. The number of ether oxygens (including phenoxy) is 1. The number of aliphatic hydroxyl groups excluding tert-OH is 1. The van der Waals surface area contributed by atoms with Gasteiger partial charge in [-0.2, -0.15) is 0 Å². The molecule has 1 aliphatic carbocycles. The number of hydrogen-bond donors (Lipinski definition) is 1. The molecule has 0 spiro atoms. The molecule has 0 aliphatic heterocycles. The first kappa shape index (κ1) is 15.0. The monoisotopic (exact) mass is 242 g/mol.